The van der Waals surface area contributed by atoms with Crippen LogP contribution in [-0.2, 0) is 9.09 Å². The maximum absolute atomic E-state index is 11.5. The van der Waals surface area contributed by atoms with Crippen molar-refractivity contribution in [1.82, 2.24) is 0 Å². The van der Waals surface area contributed by atoms with E-state index in [-0.39, 0.29) is 41.5 Å². The predicted octanol–water partition coefficient (Wildman–Crippen LogP) is 0.867. The fraction of sp³-hybridized carbons (Fsp3) is 0.200. The van der Waals surface area contributed by atoms with E-state index in [0.29, 0.717) is 5.56 Å². The second-order valence-corrected chi connectivity index (χ2v) is 4.44. The summed E-state index contributed by atoms with van der Waals surface area (Å²) in [5.41, 5.74) is 0.672. The van der Waals surface area contributed by atoms with Crippen LogP contribution in [0.15, 0.2) is 24.3 Å². The zero-order chi connectivity index (χ0) is 10.6. The van der Waals surface area contributed by atoms with Crippen LogP contribution in [0.4, 0.5) is 0 Å². The summed E-state index contributed by atoms with van der Waals surface area (Å²) in [5, 5.41) is 0.262. The monoisotopic (exact) mass is 234 g/mol. The molecule has 0 heterocycles. The standard InChI is InChI=1S/C10H11O3P.Na.H/c1-3-9-5-7-10(8-6-9)14(11,12)13-4-2;;/h1,5-8H,4H2,2H3,(H,11,12);;. The molecule has 1 atom stereocenters. The zero-order valence-corrected chi connectivity index (χ0v) is 8.70. The Labute approximate surface area is 112 Å². The summed E-state index contributed by atoms with van der Waals surface area (Å²) < 4.78 is 16.2. The van der Waals surface area contributed by atoms with Crippen molar-refractivity contribution in [3.05, 3.63) is 29.8 Å². The summed E-state index contributed by atoms with van der Waals surface area (Å²) >= 11 is 0. The second-order valence-electron chi connectivity index (χ2n) is 2.63. The molecule has 0 fully saturated rings. The first kappa shape index (κ1) is 14.9. The molecule has 1 aromatic carbocycles. The topological polar surface area (TPSA) is 46.5 Å². The fourth-order valence-electron chi connectivity index (χ4n) is 0.996. The third-order valence-corrected chi connectivity index (χ3v) is 3.22. The van der Waals surface area contributed by atoms with Crippen LogP contribution in [0.3, 0.4) is 0 Å². The Hall–Kier alpha value is -0.0700. The molecule has 1 aromatic rings. The number of hydrogen-bond acceptors (Lipinski definition) is 2. The molecule has 0 aliphatic carbocycles. The van der Waals surface area contributed by atoms with Crippen LogP contribution >= 0.6 is 7.60 Å². The van der Waals surface area contributed by atoms with Gasteiger partial charge in [-0.05, 0) is 31.2 Å². The van der Waals surface area contributed by atoms with Crippen LogP contribution in [0, 0.1) is 12.3 Å². The van der Waals surface area contributed by atoms with Gasteiger partial charge in [-0.2, -0.15) is 0 Å². The van der Waals surface area contributed by atoms with Gasteiger partial charge in [-0.25, -0.2) is 0 Å². The molecule has 0 spiro atoms. The first-order valence-electron chi connectivity index (χ1n) is 4.14. The Morgan fingerprint density at radius 3 is 2.40 bits per heavy atom. The molecular weight excluding hydrogens is 222 g/mol. The van der Waals surface area contributed by atoms with E-state index in [9.17, 15) is 9.46 Å². The van der Waals surface area contributed by atoms with E-state index >= 15 is 0 Å². The van der Waals surface area contributed by atoms with E-state index in [1.165, 1.54) is 12.1 Å². The second kappa shape index (κ2) is 6.50. The van der Waals surface area contributed by atoms with Crippen molar-refractivity contribution in [3.8, 4) is 12.3 Å². The van der Waals surface area contributed by atoms with Gasteiger partial charge < -0.3 is 9.42 Å². The molecule has 0 amide bonds. The first-order valence-corrected chi connectivity index (χ1v) is 5.72. The van der Waals surface area contributed by atoms with Crippen molar-refractivity contribution in [1.29, 1.82) is 0 Å². The summed E-state index contributed by atoms with van der Waals surface area (Å²) in [4.78, 5) is 9.43. The van der Waals surface area contributed by atoms with E-state index in [1.54, 1.807) is 19.1 Å². The number of terminal acetylenes is 1. The Morgan fingerprint density at radius 1 is 1.47 bits per heavy atom. The summed E-state index contributed by atoms with van der Waals surface area (Å²) in [6.45, 7) is 1.86. The minimum absolute atomic E-state index is 0. The molecule has 1 N–H and O–H groups in total. The zero-order valence-electron chi connectivity index (χ0n) is 7.80. The van der Waals surface area contributed by atoms with Gasteiger partial charge in [0.25, 0.3) is 0 Å². The normalized spacial score (nSPS) is 13.4. The van der Waals surface area contributed by atoms with Crippen LogP contribution in [-0.4, -0.2) is 41.1 Å². The molecule has 0 aliphatic heterocycles. The Morgan fingerprint density at radius 2 is 2.00 bits per heavy atom. The summed E-state index contributed by atoms with van der Waals surface area (Å²) in [6.07, 6.45) is 5.15. The number of benzene rings is 1. The molecule has 76 valence electrons. The van der Waals surface area contributed by atoms with Gasteiger partial charge >= 0.3 is 37.2 Å². The minimum atomic E-state index is -3.64. The van der Waals surface area contributed by atoms with Crippen molar-refractivity contribution in [3.63, 3.8) is 0 Å². The molecular formula is C10H12NaO3P. The Kier molecular flexibility index (Phi) is 6.47. The van der Waals surface area contributed by atoms with Crippen molar-refractivity contribution >= 4 is 42.5 Å². The summed E-state index contributed by atoms with van der Waals surface area (Å²) in [7, 11) is -3.64. The van der Waals surface area contributed by atoms with Crippen molar-refractivity contribution in [2.45, 2.75) is 6.92 Å². The molecule has 3 nitrogen and oxygen atoms in total. The summed E-state index contributed by atoms with van der Waals surface area (Å²) in [6, 6.07) is 6.23. The maximum atomic E-state index is 11.5. The van der Waals surface area contributed by atoms with Gasteiger partial charge in [0.15, 0.2) is 0 Å². The van der Waals surface area contributed by atoms with Gasteiger partial charge in [-0.1, -0.05) is 5.92 Å². The average molecular weight is 234 g/mol. The van der Waals surface area contributed by atoms with Crippen LogP contribution in [0.1, 0.15) is 12.5 Å². The van der Waals surface area contributed by atoms with E-state index in [4.69, 9.17) is 10.9 Å². The van der Waals surface area contributed by atoms with Gasteiger partial charge in [0.1, 0.15) is 0 Å². The molecule has 0 aliphatic rings. The molecule has 0 radical (unpaired) electrons. The third-order valence-electron chi connectivity index (χ3n) is 1.66. The van der Waals surface area contributed by atoms with Crippen LogP contribution < -0.4 is 5.30 Å². The van der Waals surface area contributed by atoms with Crippen molar-refractivity contribution in [2.24, 2.45) is 0 Å². The van der Waals surface area contributed by atoms with Gasteiger partial charge in [0.05, 0.1) is 11.9 Å². The van der Waals surface area contributed by atoms with Crippen molar-refractivity contribution < 1.29 is 14.0 Å². The molecule has 15 heavy (non-hydrogen) atoms. The van der Waals surface area contributed by atoms with E-state index in [0.717, 1.165) is 0 Å². The fourth-order valence-corrected chi connectivity index (χ4v) is 2.02. The van der Waals surface area contributed by atoms with Crippen molar-refractivity contribution in [2.75, 3.05) is 6.61 Å². The SMILES string of the molecule is C#Cc1ccc(P(=O)(O)OCC)cc1.[NaH]. The quantitative estimate of drug-likeness (QED) is 0.479. The third kappa shape index (κ3) is 4.12. The molecule has 0 saturated carbocycles. The van der Waals surface area contributed by atoms with E-state index < -0.39 is 7.60 Å². The van der Waals surface area contributed by atoms with Crippen LogP contribution in [0.25, 0.3) is 0 Å². The Bertz CT molecular complexity index is 394. The van der Waals surface area contributed by atoms with Gasteiger partial charge in [-0.15, -0.1) is 6.42 Å². The first-order chi connectivity index (χ1) is 6.60. The summed E-state index contributed by atoms with van der Waals surface area (Å²) in [5.74, 6) is 2.43. The van der Waals surface area contributed by atoms with Gasteiger partial charge in [0, 0.05) is 5.56 Å². The average Bonchev–Trinajstić information content (AvgIpc) is 2.18. The molecule has 1 unspecified atom stereocenters. The molecule has 5 heteroatoms. The Balaban J connectivity index is 0.00000196. The van der Waals surface area contributed by atoms with E-state index in [2.05, 4.69) is 5.92 Å². The van der Waals surface area contributed by atoms with Crippen LogP contribution in [0.2, 0.25) is 0 Å². The van der Waals surface area contributed by atoms with E-state index in [1.807, 2.05) is 0 Å². The van der Waals surface area contributed by atoms with Gasteiger partial charge in [-0.3, -0.25) is 4.57 Å². The van der Waals surface area contributed by atoms with Crippen LogP contribution in [0.5, 0.6) is 0 Å². The number of hydrogen-bond donors (Lipinski definition) is 1. The predicted molar refractivity (Wildman–Crippen MR) is 62.6 cm³/mol. The molecule has 1 rings (SSSR count). The van der Waals surface area contributed by atoms with Gasteiger partial charge in [0.2, 0.25) is 0 Å². The molecule has 0 aromatic heterocycles. The molecule has 0 bridgehead atoms. The molecule has 0 saturated heterocycles. The number of rotatable bonds is 3.